The summed E-state index contributed by atoms with van der Waals surface area (Å²) < 4.78 is 5.13. The zero-order valence-corrected chi connectivity index (χ0v) is 11.7. The van der Waals surface area contributed by atoms with E-state index >= 15 is 0 Å². The summed E-state index contributed by atoms with van der Waals surface area (Å²) in [6, 6.07) is 4.67. The van der Waals surface area contributed by atoms with E-state index in [1.165, 1.54) is 13.2 Å². The van der Waals surface area contributed by atoms with Crippen LogP contribution in [0.25, 0.3) is 0 Å². The van der Waals surface area contributed by atoms with E-state index in [0.29, 0.717) is 36.6 Å². The topological polar surface area (TPSA) is 63.7 Å². The molecule has 5 nitrogen and oxygen atoms in total. The summed E-state index contributed by atoms with van der Waals surface area (Å²) in [5, 5.41) is 0.393. The number of benzene rings is 1. The molecule has 0 N–H and O–H groups in total. The van der Waals surface area contributed by atoms with Gasteiger partial charge in [0.05, 0.1) is 12.7 Å². The molecule has 1 atom stereocenters. The van der Waals surface area contributed by atoms with E-state index in [1.54, 1.807) is 12.1 Å². The predicted molar refractivity (Wildman–Crippen MR) is 72.8 cm³/mol. The number of carbonyl (C=O) groups is 3. The average molecular weight is 296 g/mol. The van der Waals surface area contributed by atoms with Gasteiger partial charge in [0, 0.05) is 11.6 Å². The number of Topliss-reactive ketones (excluding diaryl/α,β-unsaturated/α-hetero) is 1. The number of ketones is 1. The SMILES string of the molecule is COc1ccc(Cl)cc1C(=O)[C@@H]1CCCN(C=O)C1=O. The number of imide groups is 1. The van der Waals surface area contributed by atoms with E-state index < -0.39 is 11.8 Å². The lowest BCUT2D eigenvalue weighted by atomic mass is 9.89. The Morgan fingerprint density at radius 3 is 2.90 bits per heavy atom. The lowest BCUT2D eigenvalue weighted by Gasteiger charge is -2.27. The molecule has 0 saturated carbocycles. The van der Waals surface area contributed by atoms with Crippen LogP contribution >= 0.6 is 11.6 Å². The van der Waals surface area contributed by atoms with Gasteiger partial charge in [0.25, 0.3) is 0 Å². The second-order valence-electron chi connectivity index (χ2n) is 4.54. The van der Waals surface area contributed by atoms with Crippen LogP contribution in [0.3, 0.4) is 0 Å². The van der Waals surface area contributed by atoms with E-state index in [9.17, 15) is 14.4 Å². The molecular formula is C14H14ClNO4. The number of piperidine rings is 1. The quantitative estimate of drug-likeness (QED) is 0.484. The summed E-state index contributed by atoms with van der Waals surface area (Å²) in [5.41, 5.74) is 0.270. The van der Waals surface area contributed by atoms with Gasteiger partial charge in [0.15, 0.2) is 5.78 Å². The van der Waals surface area contributed by atoms with Gasteiger partial charge in [-0.25, -0.2) is 0 Å². The van der Waals surface area contributed by atoms with Gasteiger partial charge in [0.1, 0.15) is 11.7 Å². The maximum absolute atomic E-state index is 12.5. The monoisotopic (exact) mass is 295 g/mol. The molecule has 1 aromatic rings. The molecule has 1 aliphatic rings. The molecule has 0 spiro atoms. The zero-order chi connectivity index (χ0) is 14.7. The van der Waals surface area contributed by atoms with Crippen molar-refractivity contribution in [2.24, 2.45) is 5.92 Å². The molecule has 1 saturated heterocycles. The Bertz CT molecular complexity index is 558. The number of methoxy groups -OCH3 is 1. The van der Waals surface area contributed by atoms with Crippen LogP contribution < -0.4 is 4.74 Å². The van der Waals surface area contributed by atoms with Gasteiger partial charge >= 0.3 is 0 Å². The summed E-state index contributed by atoms with van der Waals surface area (Å²) in [5.74, 6) is -1.30. The van der Waals surface area contributed by atoms with Crippen LogP contribution in [0.4, 0.5) is 0 Å². The second kappa shape index (κ2) is 6.05. The standard InChI is InChI=1S/C14H14ClNO4/c1-20-12-5-4-9(15)7-11(12)13(18)10-3-2-6-16(8-17)14(10)19/h4-5,7-8,10H,2-3,6H2,1H3/t10-/m0/s1. The van der Waals surface area contributed by atoms with Crippen molar-refractivity contribution in [3.05, 3.63) is 28.8 Å². The number of ether oxygens (including phenoxy) is 1. The first-order chi connectivity index (χ1) is 9.58. The van der Waals surface area contributed by atoms with Crippen molar-refractivity contribution in [1.82, 2.24) is 4.90 Å². The van der Waals surface area contributed by atoms with Crippen molar-refractivity contribution in [2.75, 3.05) is 13.7 Å². The van der Waals surface area contributed by atoms with Gasteiger partial charge in [-0.15, -0.1) is 0 Å². The number of halogens is 1. The Balaban J connectivity index is 2.33. The number of rotatable bonds is 4. The van der Waals surface area contributed by atoms with Crippen molar-refractivity contribution in [2.45, 2.75) is 12.8 Å². The van der Waals surface area contributed by atoms with E-state index in [1.807, 2.05) is 0 Å². The lowest BCUT2D eigenvalue weighted by molar-refractivity contribution is -0.142. The number of carbonyl (C=O) groups excluding carboxylic acids is 3. The lowest BCUT2D eigenvalue weighted by Crippen LogP contribution is -2.43. The van der Waals surface area contributed by atoms with E-state index in [2.05, 4.69) is 0 Å². The zero-order valence-electron chi connectivity index (χ0n) is 11.0. The minimum absolute atomic E-state index is 0.270. The second-order valence-corrected chi connectivity index (χ2v) is 4.98. The minimum Gasteiger partial charge on any atom is -0.496 e. The van der Waals surface area contributed by atoms with Crippen LogP contribution in [0.2, 0.25) is 5.02 Å². The summed E-state index contributed by atoms with van der Waals surface area (Å²) >= 11 is 5.89. The third kappa shape index (κ3) is 2.67. The number of nitrogens with zero attached hydrogens (tertiary/aromatic N) is 1. The van der Waals surface area contributed by atoms with Crippen molar-refractivity contribution in [3.63, 3.8) is 0 Å². The van der Waals surface area contributed by atoms with Gasteiger partial charge < -0.3 is 4.74 Å². The normalized spacial score (nSPS) is 18.8. The van der Waals surface area contributed by atoms with E-state index in [0.717, 1.165) is 4.90 Å². The van der Waals surface area contributed by atoms with Gasteiger partial charge in [-0.1, -0.05) is 11.6 Å². The van der Waals surface area contributed by atoms with Crippen LogP contribution in [0.1, 0.15) is 23.2 Å². The Morgan fingerprint density at radius 2 is 2.25 bits per heavy atom. The van der Waals surface area contributed by atoms with Crippen LogP contribution in [-0.4, -0.2) is 36.7 Å². The summed E-state index contributed by atoms with van der Waals surface area (Å²) in [4.78, 5) is 36.4. The highest BCUT2D eigenvalue weighted by molar-refractivity contribution is 6.31. The summed E-state index contributed by atoms with van der Waals surface area (Å²) in [6.07, 6.45) is 1.51. The molecule has 2 rings (SSSR count). The Kier molecular flexibility index (Phi) is 4.39. The van der Waals surface area contributed by atoms with Crippen LogP contribution in [0, 0.1) is 5.92 Å². The third-order valence-corrected chi connectivity index (χ3v) is 3.58. The molecule has 106 valence electrons. The van der Waals surface area contributed by atoms with E-state index in [-0.39, 0.29) is 11.3 Å². The molecule has 2 amide bonds. The Hall–Kier alpha value is -1.88. The molecule has 6 heteroatoms. The molecule has 1 aromatic carbocycles. The van der Waals surface area contributed by atoms with Crippen molar-refractivity contribution in [3.8, 4) is 5.75 Å². The third-order valence-electron chi connectivity index (χ3n) is 3.34. The van der Waals surface area contributed by atoms with Gasteiger partial charge in [-0.05, 0) is 31.0 Å². The summed E-state index contributed by atoms with van der Waals surface area (Å²) in [7, 11) is 1.44. The fourth-order valence-electron chi connectivity index (χ4n) is 2.31. The Labute approximate surface area is 121 Å². The summed E-state index contributed by atoms with van der Waals surface area (Å²) in [6.45, 7) is 0.360. The molecule has 1 fully saturated rings. The first-order valence-electron chi connectivity index (χ1n) is 6.22. The fraction of sp³-hybridized carbons (Fsp3) is 0.357. The van der Waals surface area contributed by atoms with Crippen LogP contribution in [0.5, 0.6) is 5.75 Å². The molecule has 0 radical (unpaired) electrons. The molecule has 0 unspecified atom stereocenters. The largest absolute Gasteiger partial charge is 0.496 e. The van der Waals surface area contributed by atoms with Gasteiger partial charge in [0.2, 0.25) is 12.3 Å². The molecule has 1 aliphatic heterocycles. The predicted octanol–water partition coefficient (Wildman–Crippen LogP) is 1.93. The molecule has 0 aliphatic carbocycles. The number of hydrogen-bond donors (Lipinski definition) is 0. The fourth-order valence-corrected chi connectivity index (χ4v) is 2.48. The average Bonchev–Trinajstić information content (AvgIpc) is 2.46. The smallest absolute Gasteiger partial charge is 0.239 e. The van der Waals surface area contributed by atoms with Gasteiger partial charge in [-0.3, -0.25) is 19.3 Å². The van der Waals surface area contributed by atoms with Crippen LogP contribution in [-0.2, 0) is 9.59 Å². The van der Waals surface area contributed by atoms with Gasteiger partial charge in [-0.2, -0.15) is 0 Å². The molecule has 20 heavy (non-hydrogen) atoms. The van der Waals surface area contributed by atoms with E-state index in [4.69, 9.17) is 16.3 Å². The minimum atomic E-state index is -0.846. The maximum atomic E-state index is 12.5. The number of hydrogen-bond acceptors (Lipinski definition) is 4. The first kappa shape index (κ1) is 14.5. The highest BCUT2D eigenvalue weighted by Gasteiger charge is 2.35. The van der Waals surface area contributed by atoms with Crippen LogP contribution in [0.15, 0.2) is 18.2 Å². The van der Waals surface area contributed by atoms with Crippen molar-refractivity contribution >= 4 is 29.7 Å². The molecule has 1 heterocycles. The van der Waals surface area contributed by atoms with Crippen molar-refractivity contribution < 1.29 is 19.1 Å². The highest BCUT2D eigenvalue weighted by atomic mass is 35.5. The first-order valence-corrected chi connectivity index (χ1v) is 6.59. The highest BCUT2D eigenvalue weighted by Crippen LogP contribution is 2.28. The molecule has 0 bridgehead atoms. The number of likely N-dealkylation sites (tertiary alicyclic amines) is 1. The molecule has 0 aromatic heterocycles. The number of amides is 2. The maximum Gasteiger partial charge on any atom is 0.239 e. The molecular weight excluding hydrogens is 282 g/mol. The van der Waals surface area contributed by atoms with Crippen molar-refractivity contribution in [1.29, 1.82) is 0 Å². The Morgan fingerprint density at radius 1 is 1.50 bits per heavy atom.